The van der Waals surface area contributed by atoms with E-state index in [9.17, 15) is 13.2 Å². The molecule has 1 aromatic heterocycles. The van der Waals surface area contributed by atoms with E-state index in [4.69, 9.17) is 4.52 Å². The Hall–Kier alpha value is -1.67. The molecule has 6 nitrogen and oxygen atoms in total. The number of benzene rings is 1. The standard InChI is InChI=1S/C15H15BrN2O4S/c1-2-23(20,21)18-13-7-10(16)5-6-11(13)14(19)12-8-17-22-15(12)9-3-4-9/h5-9,18H,2-4H2,1H3. The first-order valence-electron chi connectivity index (χ1n) is 7.20. The number of carbonyl (C=O) groups excluding carboxylic acids is 1. The van der Waals surface area contributed by atoms with Gasteiger partial charge < -0.3 is 4.52 Å². The smallest absolute Gasteiger partial charge is 0.232 e. The van der Waals surface area contributed by atoms with E-state index >= 15 is 0 Å². The fourth-order valence-corrected chi connectivity index (χ4v) is 3.25. The molecule has 122 valence electrons. The molecule has 1 N–H and O–H groups in total. The van der Waals surface area contributed by atoms with Gasteiger partial charge in [-0.05, 0) is 38.0 Å². The molecule has 1 aliphatic carbocycles. The van der Waals surface area contributed by atoms with E-state index in [0.717, 1.165) is 12.8 Å². The van der Waals surface area contributed by atoms with Gasteiger partial charge in [-0.3, -0.25) is 9.52 Å². The lowest BCUT2D eigenvalue weighted by molar-refractivity contribution is 0.103. The van der Waals surface area contributed by atoms with Crippen LogP contribution in [-0.2, 0) is 10.0 Å². The van der Waals surface area contributed by atoms with Crippen LogP contribution >= 0.6 is 15.9 Å². The number of hydrogen-bond donors (Lipinski definition) is 1. The summed E-state index contributed by atoms with van der Waals surface area (Å²) in [5.74, 6) is 0.452. The number of halogens is 1. The summed E-state index contributed by atoms with van der Waals surface area (Å²) in [5.41, 5.74) is 0.913. The minimum atomic E-state index is -3.49. The van der Waals surface area contributed by atoms with E-state index in [1.54, 1.807) is 18.2 Å². The maximum atomic E-state index is 12.8. The van der Waals surface area contributed by atoms with Crippen LogP contribution in [0.1, 0.15) is 47.4 Å². The average Bonchev–Trinajstić information content (AvgIpc) is 3.23. The highest BCUT2D eigenvalue weighted by Gasteiger charge is 2.33. The molecule has 1 aromatic carbocycles. The monoisotopic (exact) mass is 398 g/mol. The Kier molecular flexibility index (Phi) is 4.29. The predicted octanol–water partition coefficient (Wildman–Crippen LogP) is 3.31. The predicted molar refractivity (Wildman–Crippen MR) is 89.1 cm³/mol. The highest BCUT2D eigenvalue weighted by atomic mass is 79.9. The van der Waals surface area contributed by atoms with Gasteiger partial charge in [0, 0.05) is 16.0 Å². The van der Waals surface area contributed by atoms with Crippen molar-refractivity contribution in [2.75, 3.05) is 10.5 Å². The summed E-state index contributed by atoms with van der Waals surface area (Å²) in [6.45, 7) is 1.53. The summed E-state index contributed by atoms with van der Waals surface area (Å²) < 4.78 is 32.0. The largest absolute Gasteiger partial charge is 0.360 e. The summed E-state index contributed by atoms with van der Waals surface area (Å²) in [6, 6.07) is 4.86. The van der Waals surface area contributed by atoms with E-state index < -0.39 is 10.0 Å². The van der Waals surface area contributed by atoms with Gasteiger partial charge in [0.2, 0.25) is 10.0 Å². The Morgan fingerprint density at radius 1 is 1.39 bits per heavy atom. The van der Waals surface area contributed by atoms with Gasteiger partial charge in [0.25, 0.3) is 0 Å². The second kappa shape index (κ2) is 6.09. The molecular formula is C15H15BrN2O4S. The lowest BCUT2D eigenvalue weighted by Gasteiger charge is -2.11. The first-order chi connectivity index (χ1) is 10.9. The third kappa shape index (κ3) is 3.48. The molecule has 8 heteroatoms. The molecule has 23 heavy (non-hydrogen) atoms. The zero-order valence-electron chi connectivity index (χ0n) is 12.4. The number of rotatable bonds is 6. The summed E-state index contributed by atoms with van der Waals surface area (Å²) in [7, 11) is -3.49. The molecule has 0 bridgehead atoms. The fourth-order valence-electron chi connectivity index (χ4n) is 2.24. The Bertz CT molecular complexity index is 856. The molecule has 3 rings (SSSR count). The second-order valence-electron chi connectivity index (χ2n) is 5.40. The van der Waals surface area contributed by atoms with E-state index in [2.05, 4.69) is 25.8 Å². The molecule has 1 aliphatic rings. The van der Waals surface area contributed by atoms with Crippen molar-refractivity contribution >= 4 is 37.4 Å². The van der Waals surface area contributed by atoms with Crippen LogP contribution in [0.25, 0.3) is 0 Å². The van der Waals surface area contributed by atoms with Crippen molar-refractivity contribution in [2.45, 2.75) is 25.7 Å². The van der Waals surface area contributed by atoms with Gasteiger partial charge in [0.15, 0.2) is 11.5 Å². The van der Waals surface area contributed by atoms with Crippen molar-refractivity contribution in [3.8, 4) is 0 Å². The summed E-state index contributed by atoms with van der Waals surface area (Å²) in [4.78, 5) is 12.8. The molecule has 2 aromatic rings. The Morgan fingerprint density at radius 2 is 2.13 bits per heavy atom. The first-order valence-corrected chi connectivity index (χ1v) is 9.65. The Labute approximate surface area is 142 Å². The zero-order chi connectivity index (χ0) is 16.6. The van der Waals surface area contributed by atoms with Gasteiger partial charge in [0.05, 0.1) is 23.2 Å². The number of ketones is 1. The van der Waals surface area contributed by atoms with Gasteiger partial charge in [-0.25, -0.2) is 8.42 Å². The molecule has 1 fully saturated rings. The lowest BCUT2D eigenvalue weighted by Crippen LogP contribution is -2.17. The van der Waals surface area contributed by atoms with Crippen LogP contribution in [0.3, 0.4) is 0 Å². The van der Waals surface area contributed by atoms with Crippen LogP contribution < -0.4 is 4.72 Å². The van der Waals surface area contributed by atoms with E-state index in [1.165, 1.54) is 13.1 Å². The number of nitrogens with one attached hydrogen (secondary N) is 1. The van der Waals surface area contributed by atoms with Crippen LogP contribution in [0, 0.1) is 0 Å². The molecule has 0 unspecified atom stereocenters. The number of anilines is 1. The lowest BCUT2D eigenvalue weighted by atomic mass is 10.0. The quantitative estimate of drug-likeness (QED) is 0.753. The SMILES string of the molecule is CCS(=O)(=O)Nc1cc(Br)ccc1C(=O)c1cnoc1C1CC1. The van der Waals surface area contributed by atoms with Crippen LogP contribution in [-0.4, -0.2) is 25.1 Å². The second-order valence-corrected chi connectivity index (χ2v) is 8.33. The zero-order valence-corrected chi connectivity index (χ0v) is 14.8. The van der Waals surface area contributed by atoms with Crippen molar-refractivity contribution < 1.29 is 17.7 Å². The van der Waals surface area contributed by atoms with Gasteiger partial charge >= 0.3 is 0 Å². The van der Waals surface area contributed by atoms with Gasteiger partial charge in [0.1, 0.15) is 0 Å². The highest BCUT2D eigenvalue weighted by molar-refractivity contribution is 9.10. The van der Waals surface area contributed by atoms with Crippen molar-refractivity contribution in [1.29, 1.82) is 0 Å². The Morgan fingerprint density at radius 3 is 2.78 bits per heavy atom. The third-order valence-electron chi connectivity index (χ3n) is 3.66. The van der Waals surface area contributed by atoms with Gasteiger partial charge in [-0.2, -0.15) is 0 Å². The van der Waals surface area contributed by atoms with E-state index in [0.29, 0.717) is 15.8 Å². The molecule has 1 heterocycles. The molecular weight excluding hydrogens is 384 g/mol. The van der Waals surface area contributed by atoms with Crippen LogP contribution in [0.5, 0.6) is 0 Å². The molecule has 0 amide bonds. The minimum absolute atomic E-state index is 0.0757. The maximum absolute atomic E-state index is 12.8. The maximum Gasteiger partial charge on any atom is 0.232 e. The number of hydrogen-bond acceptors (Lipinski definition) is 5. The molecule has 0 radical (unpaired) electrons. The fraction of sp³-hybridized carbons (Fsp3) is 0.333. The van der Waals surface area contributed by atoms with Crippen molar-refractivity contribution in [3.63, 3.8) is 0 Å². The van der Waals surface area contributed by atoms with Gasteiger partial charge in [-0.15, -0.1) is 0 Å². The summed E-state index contributed by atoms with van der Waals surface area (Å²) >= 11 is 3.29. The Balaban J connectivity index is 2.01. The van der Waals surface area contributed by atoms with Gasteiger partial charge in [-0.1, -0.05) is 21.1 Å². The molecule has 0 aliphatic heterocycles. The van der Waals surface area contributed by atoms with Crippen LogP contribution in [0.2, 0.25) is 0 Å². The molecule has 0 atom stereocenters. The van der Waals surface area contributed by atoms with Crippen molar-refractivity contribution in [2.24, 2.45) is 0 Å². The number of carbonyl (C=O) groups is 1. The first kappa shape index (κ1) is 16.2. The van der Waals surface area contributed by atoms with Crippen LogP contribution in [0.4, 0.5) is 5.69 Å². The molecule has 0 saturated heterocycles. The third-order valence-corrected chi connectivity index (χ3v) is 5.45. The molecule has 0 spiro atoms. The van der Waals surface area contributed by atoms with E-state index in [1.807, 2.05) is 0 Å². The normalized spacial score (nSPS) is 14.7. The van der Waals surface area contributed by atoms with Crippen LogP contribution in [0.15, 0.2) is 33.4 Å². The van der Waals surface area contributed by atoms with Crippen molar-refractivity contribution in [3.05, 3.63) is 45.8 Å². The number of sulfonamides is 1. The van der Waals surface area contributed by atoms with E-state index in [-0.39, 0.29) is 28.7 Å². The average molecular weight is 399 g/mol. The molecule has 1 saturated carbocycles. The number of aromatic nitrogens is 1. The summed E-state index contributed by atoms with van der Waals surface area (Å²) in [5, 5.41) is 3.72. The topological polar surface area (TPSA) is 89.3 Å². The summed E-state index contributed by atoms with van der Waals surface area (Å²) in [6.07, 6.45) is 3.35. The van der Waals surface area contributed by atoms with Crippen molar-refractivity contribution in [1.82, 2.24) is 5.16 Å². The minimum Gasteiger partial charge on any atom is -0.360 e. The highest BCUT2D eigenvalue weighted by Crippen LogP contribution is 2.42. The number of nitrogens with zero attached hydrogens (tertiary/aromatic N) is 1.